The van der Waals surface area contributed by atoms with Gasteiger partial charge in [-0.15, -0.1) is 0 Å². The van der Waals surface area contributed by atoms with Crippen LogP contribution in [0.25, 0.3) is 0 Å². The van der Waals surface area contributed by atoms with Gasteiger partial charge in [0.1, 0.15) is 23.9 Å². The third kappa shape index (κ3) is 11.9. The molecule has 0 fully saturated rings. The number of carboxylic acids is 1. The molecule has 240 valence electrons. The van der Waals surface area contributed by atoms with Crippen molar-refractivity contribution in [3.05, 3.63) is 65.7 Å². The number of aromatic hydroxyl groups is 1. The van der Waals surface area contributed by atoms with Gasteiger partial charge >= 0.3 is 12.1 Å². The summed E-state index contributed by atoms with van der Waals surface area (Å²) in [5, 5.41) is 27.9. The first-order valence-electron chi connectivity index (χ1n) is 13.6. The number of halogens is 3. The predicted octanol–water partition coefficient (Wildman–Crippen LogP) is 0.768. The second-order valence-electron chi connectivity index (χ2n) is 10.3. The average Bonchev–Trinajstić information content (AvgIpc) is 2.96. The molecule has 0 spiro atoms. The number of carbonyl (C=O) groups excluding carboxylic acids is 4. The van der Waals surface area contributed by atoms with Crippen molar-refractivity contribution >= 4 is 29.6 Å². The Morgan fingerprint density at radius 3 is 1.95 bits per heavy atom. The molecule has 0 aliphatic rings. The Kier molecular flexibility index (Phi) is 13.1. The second kappa shape index (κ2) is 16.3. The molecule has 0 saturated carbocycles. The molecule has 44 heavy (non-hydrogen) atoms. The standard InChI is InChI=1S/C29H36F3N5O7/c1-16(29(30,31)32)12-23(28(43)44)37-27(42)22(14-18-6-4-3-5-7-18)36-24(39)15-34-25(40)17(2)35-26(41)21(33)13-19-8-10-20(38)11-9-19/h3-11,16-17,21-23,38H,12-15,33H2,1-2H3,(H,34,40)(H,35,41)(H,36,39)(H,37,42)(H,43,44)/t16-,17-,21+,22+,23+/m1/s1. The molecule has 0 saturated heterocycles. The number of nitrogens with two attached hydrogens (primary N) is 1. The third-order valence-corrected chi connectivity index (χ3v) is 6.60. The summed E-state index contributed by atoms with van der Waals surface area (Å²) in [7, 11) is 0. The smallest absolute Gasteiger partial charge is 0.391 e. The fourth-order valence-corrected chi connectivity index (χ4v) is 3.97. The highest BCUT2D eigenvalue weighted by molar-refractivity contribution is 5.94. The molecule has 5 atom stereocenters. The van der Waals surface area contributed by atoms with Gasteiger partial charge in [0, 0.05) is 6.42 Å². The van der Waals surface area contributed by atoms with Crippen LogP contribution >= 0.6 is 0 Å². The molecular formula is C29H36F3N5O7. The second-order valence-corrected chi connectivity index (χ2v) is 10.3. The van der Waals surface area contributed by atoms with Gasteiger partial charge < -0.3 is 37.2 Å². The normalized spacial score (nSPS) is 14.7. The highest BCUT2D eigenvalue weighted by Crippen LogP contribution is 2.29. The molecule has 0 radical (unpaired) electrons. The number of carbonyl (C=O) groups is 5. The first-order valence-corrected chi connectivity index (χ1v) is 13.6. The summed E-state index contributed by atoms with van der Waals surface area (Å²) in [5.74, 6) is -6.92. The van der Waals surface area contributed by atoms with Crippen LogP contribution in [0.4, 0.5) is 13.2 Å². The van der Waals surface area contributed by atoms with Crippen molar-refractivity contribution < 1.29 is 47.4 Å². The SMILES string of the molecule is C[C@H](C[C@H](NC(=O)[C@H](Cc1ccccc1)NC(=O)CNC(=O)[C@@H](C)NC(=O)[C@@H](N)Cc1ccc(O)cc1)C(=O)O)C(F)(F)F. The number of amides is 4. The predicted molar refractivity (Wildman–Crippen MR) is 152 cm³/mol. The molecule has 2 rings (SSSR count). The minimum Gasteiger partial charge on any atom is -0.508 e. The fourth-order valence-electron chi connectivity index (χ4n) is 3.97. The van der Waals surface area contributed by atoms with Crippen molar-refractivity contribution in [2.24, 2.45) is 11.7 Å². The maximum Gasteiger partial charge on any atom is 0.391 e. The van der Waals surface area contributed by atoms with Crippen LogP contribution in [-0.4, -0.2) is 76.7 Å². The van der Waals surface area contributed by atoms with Crippen molar-refractivity contribution in [3.63, 3.8) is 0 Å². The van der Waals surface area contributed by atoms with Gasteiger partial charge in [-0.2, -0.15) is 13.2 Å². The zero-order valence-corrected chi connectivity index (χ0v) is 24.1. The summed E-state index contributed by atoms with van der Waals surface area (Å²) in [6.45, 7) is 1.52. The molecule has 8 N–H and O–H groups in total. The van der Waals surface area contributed by atoms with E-state index < -0.39 is 78.8 Å². The Balaban J connectivity index is 1.98. The first kappa shape index (κ1) is 35.5. The van der Waals surface area contributed by atoms with Crippen LogP contribution in [0.2, 0.25) is 0 Å². The van der Waals surface area contributed by atoms with Crippen molar-refractivity contribution in [2.45, 2.75) is 63.5 Å². The van der Waals surface area contributed by atoms with Gasteiger partial charge in [0.25, 0.3) is 0 Å². The van der Waals surface area contributed by atoms with Gasteiger partial charge in [0.05, 0.1) is 18.5 Å². The van der Waals surface area contributed by atoms with E-state index in [0.717, 1.165) is 6.92 Å². The number of benzene rings is 2. The van der Waals surface area contributed by atoms with Crippen LogP contribution in [-0.2, 0) is 36.8 Å². The lowest BCUT2D eigenvalue weighted by Crippen LogP contribution is -2.55. The van der Waals surface area contributed by atoms with Crippen molar-refractivity contribution in [1.29, 1.82) is 0 Å². The molecule has 0 aromatic heterocycles. The minimum atomic E-state index is -4.68. The Morgan fingerprint density at radius 1 is 0.795 bits per heavy atom. The lowest BCUT2D eigenvalue weighted by Gasteiger charge is -2.24. The first-order chi connectivity index (χ1) is 20.6. The van der Waals surface area contributed by atoms with Crippen LogP contribution in [0.15, 0.2) is 54.6 Å². The number of aliphatic carboxylic acids is 1. The molecule has 4 amide bonds. The van der Waals surface area contributed by atoms with E-state index in [1.54, 1.807) is 42.5 Å². The van der Waals surface area contributed by atoms with E-state index in [-0.39, 0.29) is 18.6 Å². The quantitative estimate of drug-likeness (QED) is 0.151. The van der Waals surface area contributed by atoms with Crippen molar-refractivity contribution in [3.8, 4) is 5.75 Å². The zero-order chi connectivity index (χ0) is 33.0. The van der Waals surface area contributed by atoms with Gasteiger partial charge in [-0.05, 0) is 43.0 Å². The number of nitrogens with one attached hydrogen (secondary N) is 4. The lowest BCUT2D eigenvalue weighted by atomic mass is 10.00. The molecule has 15 heteroatoms. The number of hydrogen-bond donors (Lipinski definition) is 7. The monoisotopic (exact) mass is 623 g/mol. The third-order valence-electron chi connectivity index (χ3n) is 6.60. The molecule has 0 bridgehead atoms. The minimum absolute atomic E-state index is 0.0492. The van der Waals surface area contributed by atoms with Gasteiger partial charge in [0.2, 0.25) is 23.6 Å². The summed E-state index contributed by atoms with van der Waals surface area (Å²) in [6, 6.07) is 8.96. The topological polar surface area (TPSA) is 200 Å². The van der Waals surface area contributed by atoms with E-state index in [1.807, 2.05) is 0 Å². The molecule has 0 aliphatic heterocycles. The van der Waals surface area contributed by atoms with Crippen LogP contribution in [0, 0.1) is 5.92 Å². The number of rotatable bonds is 15. The van der Waals surface area contributed by atoms with Crippen molar-refractivity contribution in [2.75, 3.05) is 6.54 Å². The Hall–Kier alpha value is -4.66. The largest absolute Gasteiger partial charge is 0.508 e. The molecule has 0 heterocycles. The highest BCUT2D eigenvalue weighted by Gasteiger charge is 2.39. The van der Waals surface area contributed by atoms with E-state index in [0.29, 0.717) is 11.1 Å². The van der Waals surface area contributed by atoms with Crippen molar-refractivity contribution in [1.82, 2.24) is 21.3 Å². The maximum absolute atomic E-state index is 13.0. The zero-order valence-electron chi connectivity index (χ0n) is 24.1. The molecule has 2 aromatic carbocycles. The molecule has 12 nitrogen and oxygen atoms in total. The van der Waals surface area contributed by atoms with E-state index >= 15 is 0 Å². The Bertz CT molecular complexity index is 1290. The van der Waals surface area contributed by atoms with Gasteiger partial charge in [0.15, 0.2) is 0 Å². The molecule has 0 aliphatic carbocycles. The Labute approximate surface area is 251 Å². The molecule has 2 aromatic rings. The summed E-state index contributed by atoms with van der Waals surface area (Å²) < 4.78 is 39.0. The summed E-state index contributed by atoms with van der Waals surface area (Å²) >= 11 is 0. The van der Waals surface area contributed by atoms with E-state index in [2.05, 4.69) is 21.3 Å². The number of phenols is 1. The Morgan fingerprint density at radius 2 is 1.39 bits per heavy atom. The van der Waals surface area contributed by atoms with Crippen LogP contribution < -0.4 is 27.0 Å². The number of alkyl halides is 3. The highest BCUT2D eigenvalue weighted by atomic mass is 19.4. The number of phenolic OH excluding ortho intramolecular Hbond substituents is 1. The van der Waals surface area contributed by atoms with Gasteiger partial charge in [-0.1, -0.05) is 49.4 Å². The van der Waals surface area contributed by atoms with E-state index in [9.17, 15) is 47.4 Å². The summed E-state index contributed by atoms with van der Waals surface area (Å²) in [5.41, 5.74) is 7.15. The van der Waals surface area contributed by atoms with E-state index in [1.165, 1.54) is 19.1 Å². The van der Waals surface area contributed by atoms with E-state index in [4.69, 9.17) is 5.73 Å². The van der Waals surface area contributed by atoms with Crippen LogP contribution in [0.3, 0.4) is 0 Å². The summed E-state index contributed by atoms with van der Waals surface area (Å²) in [6.07, 6.45) is -5.60. The van der Waals surface area contributed by atoms with Crippen LogP contribution in [0.1, 0.15) is 31.4 Å². The van der Waals surface area contributed by atoms with Crippen LogP contribution in [0.5, 0.6) is 5.75 Å². The van der Waals surface area contributed by atoms with Gasteiger partial charge in [-0.3, -0.25) is 19.2 Å². The number of hydrogen-bond acceptors (Lipinski definition) is 7. The van der Waals surface area contributed by atoms with Gasteiger partial charge in [-0.25, -0.2) is 4.79 Å². The number of carboxylic acid groups (broad SMARTS) is 1. The maximum atomic E-state index is 13.0. The lowest BCUT2D eigenvalue weighted by molar-refractivity contribution is -0.175. The summed E-state index contributed by atoms with van der Waals surface area (Å²) in [4.78, 5) is 62.2. The molecule has 0 unspecified atom stereocenters. The molecular weight excluding hydrogens is 587 g/mol. The average molecular weight is 624 g/mol. The fraction of sp³-hybridized carbons (Fsp3) is 0.414.